The van der Waals surface area contributed by atoms with E-state index in [1.54, 1.807) is 11.3 Å². The Balaban J connectivity index is 1.47. The van der Waals surface area contributed by atoms with Gasteiger partial charge in [-0.2, -0.15) is 0 Å². The minimum absolute atomic E-state index is 0.215. The van der Waals surface area contributed by atoms with E-state index < -0.39 is 9.84 Å². The van der Waals surface area contributed by atoms with Crippen LogP contribution in [-0.4, -0.2) is 47.5 Å². The Morgan fingerprint density at radius 3 is 2.88 bits per heavy atom. The number of rotatable bonds is 5. The first-order chi connectivity index (χ1) is 11.6. The Kier molecular flexibility index (Phi) is 4.49. The highest BCUT2D eigenvalue weighted by atomic mass is 32.2. The molecular weight excluding hydrogens is 342 g/mol. The lowest BCUT2D eigenvalue weighted by molar-refractivity contribution is 0.332. The second-order valence-corrected chi connectivity index (χ2v) is 10.1. The van der Waals surface area contributed by atoms with Gasteiger partial charge in [-0.25, -0.2) is 13.4 Å². The molecule has 0 aliphatic carbocycles. The second-order valence-electron chi connectivity index (χ2n) is 6.97. The molecule has 24 heavy (non-hydrogen) atoms. The lowest BCUT2D eigenvalue weighted by Crippen LogP contribution is -2.17. The van der Waals surface area contributed by atoms with Crippen LogP contribution in [0.3, 0.4) is 0 Å². The Labute approximate surface area is 147 Å². The summed E-state index contributed by atoms with van der Waals surface area (Å²) in [5.74, 6) is 1.83. The van der Waals surface area contributed by atoms with Crippen LogP contribution in [0.25, 0.3) is 10.7 Å². The lowest BCUT2D eigenvalue weighted by Gasteiger charge is -2.13. The predicted octanol–water partition coefficient (Wildman–Crippen LogP) is 2.64. The predicted molar refractivity (Wildman–Crippen MR) is 96.8 cm³/mol. The molecule has 2 aliphatic heterocycles. The molecule has 0 unspecified atom stereocenters. The summed E-state index contributed by atoms with van der Waals surface area (Å²) in [7, 11) is -2.82. The van der Waals surface area contributed by atoms with Crippen LogP contribution >= 0.6 is 11.3 Å². The summed E-state index contributed by atoms with van der Waals surface area (Å²) >= 11 is 1.73. The van der Waals surface area contributed by atoms with Gasteiger partial charge in [-0.1, -0.05) is 0 Å². The van der Waals surface area contributed by atoms with Gasteiger partial charge in [0, 0.05) is 25.5 Å². The maximum Gasteiger partial charge on any atom is 0.150 e. The highest BCUT2D eigenvalue weighted by Crippen LogP contribution is 2.29. The fourth-order valence-electron chi connectivity index (χ4n) is 3.75. The molecule has 7 heteroatoms. The molecule has 130 valence electrons. The van der Waals surface area contributed by atoms with Gasteiger partial charge in [0.1, 0.15) is 5.82 Å². The molecule has 0 saturated carbocycles. The zero-order chi connectivity index (χ0) is 16.6. The minimum Gasteiger partial charge on any atom is -0.330 e. The third kappa shape index (κ3) is 3.58. The van der Waals surface area contributed by atoms with Crippen LogP contribution in [0.1, 0.15) is 24.8 Å². The van der Waals surface area contributed by atoms with E-state index in [2.05, 4.69) is 25.9 Å². The molecule has 0 bridgehead atoms. The van der Waals surface area contributed by atoms with E-state index in [4.69, 9.17) is 0 Å². The highest BCUT2D eigenvalue weighted by molar-refractivity contribution is 7.91. The monoisotopic (exact) mass is 365 g/mol. The zero-order valence-corrected chi connectivity index (χ0v) is 15.4. The van der Waals surface area contributed by atoms with E-state index in [0.717, 1.165) is 25.3 Å². The van der Waals surface area contributed by atoms with Gasteiger partial charge in [-0.15, -0.1) is 11.3 Å². The van der Waals surface area contributed by atoms with Gasteiger partial charge in [0.05, 0.1) is 16.4 Å². The molecule has 0 radical (unpaired) electrons. The Morgan fingerprint density at radius 1 is 1.29 bits per heavy atom. The number of likely N-dealkylation sites (tertiary alicyclic amines) is 1. The van der Waals surface area contributed by atoms with Gasteiger partial charge in [-0.05, 0) is 55.3 Å². The Morgan fingerprint density at radius 2 is 2.12 bits per heavy atom. The molecule has 0 aromatic carbocycles. The summed E-state index contributed by atoms with van der Waals surface area (Å²) in [6, 6.07) is 2.24. The van der Waals surface area contributed by atoms with Crippen LogP contribution in [0.2, 0.25) is 0 Å². The van der Waals surface area contributed by atoms with Crippen LogP contribution < -0.4 is 0 Å². The number of hydrogen-bond donors (Lipinski definition) is 0. The van der Waals surface area contributed by atoms with Crippen LogP contribution in [0.5, 0.6) is 0 Å². The van der Waals surface area contributed by atoms with Crippen molar-refractivity contribution in [2.24, 2.45) is 5.92 Å². The van der Waals surface area contributed by atoms with Crippen molar-refractivity contribution in [2.75, 3.05) is 24.6 Å². The first kappa shape index (κ1) is 16.3. The summed E-state index contributed by atoms with van der Waals surface area (Å²) in [6.07, 6.45) is 7.18. The summed E-state index contributed by atoms with van der Waals surface area (Å²) in [5.41, 5.74) is 1.36. The normalized spacial score (nSPS) is 23.9. The quantitative estimate of drug-likeness (QED) is 0.817. The summed E-state index contributed by atoms with van der Waals surface area (Å²) in [6.45, 7) is 4.18. The maximum absolute atomic E-state index is 11.7. The minimum atomic E-state index is -2.82. The molecule has 0 amide bonds. The van der Waals surface area contributed by atoms with Crippen LogP contribution in [0.15, 0.2) is 23.8 Å². The Bertz CT molecular complexity index is 803. The number of hydrogen-bond acceptors (Lipinski definition) is 5. The van der Waals surface area contributed by atoms with E-state index in [1.165, 1.54) is 36.4 Å². The highest BCUT2D eigenvalue weighted by Gasteiger charge is 2.28. The zero-order valence-electron chi connectivity index (χ0n) is 13.7. The fourth-order valence-corrected chi connectivity index (χ4v) is 6.52. The van der Waals surface area contributed by atoms with Gasteiger partial charge in [0.25, 0.3) is 0 Å². The number of aromatic nitrogens is 2. The average molecular weight is 366 g/mol. The van der Waals surface area contributed by atoms with E-state index in [1.807, 2.05) is 12.4 Å². The lowest BCUT2D eigenvalue weighted by atomic mass is 10.1. The number of imidazole rings is 1. The van der Waals surface area contributed by atoms with Gasteiger partial charge in [-0.3, -0.25) is 4.90 Å². The van der Waals surface area contributed by atoms with Gasteiger partial charge >= 0.3 is 0 Å². The summed E-state index contributed by atoms with van der Waals surface area (Å²) in [4.78, 5) is 8.20. The largest absolute Gasteiger partial charge is 0.330 e. The van der Waals surface area contributed by atoms with E-state index >= 15 is 0 Å². The van der Waals surface area contributed by atoms with Crippen molar-refractivity contribution < 1.29 is 8.42 Å². The number of sulfone groups is 1. The van der Waals surface area contributed by atoms with Crippen LogP contribution in [0, 0.1) is 5.92 Å². The standard InChI is InChI=1S/C17H23N3O2S2/c21-24(22)8-3-14(13-24)11-20-7-4-18-17(20)16-9-15(12-23-16)10-19-5-1-2-6-19/h4,7,9,12,14H,1-3,5-6,8,10-11,13H2/t14-/m1/s1. The van der Waals surface area contributed by atoms with Gasteiger partial charge in [0.2, 0.25) is 0 Å². The molecule has 2 aromatic rings. The molecule has 0 spiro atoms. The molecule has 0 N–H and O–H groups in total. The van der Waals surface area contributed by atoms with Crippen molar-refractivity contribution in [3.63, 3.8) is 0 Å². The van der Waals surface area contributed by atoms with Crippen molar-refractivity contribution in [2.45, 2.75) is 32.4 Å². The topological polar surface area (TPSA) is 55.2 Å². The number of thiophene rings is 1. The summed E-state index contributed by atoms with van der Waals surface area (Å²) < 4.78 is 25.5. The van der Waals surface area contributed by atoms with Crippen molar-refractivity contribution >= 4 is 21.2 Å². The van der Waals surface area contributed by atoms with Crippen LogP contribution in [0.4, 0.5) is 0 Å². The van der Waals surface area contributed by atoms with Crippen LogP contribution in [-0.2, 0) is 22.9 Å². The molecule has 4 heterocycles. The first-order valence-corrected chi connectivity index (χ1v) is 11.3. The third-order valence-electron chi connectivity index (χ3n) is 4.98. The summed E-state index contributed by atoms with van der Waals surface area (Å²) in [5, 5.41) is 2.23. The van der Waals surface area contributed by atoms with E-state index in [9.17, 15) is 8.42 Å². The van der Waals surface area contributed by atoms with E-state index in [-0.39, 0.29) is 5.92 Å². The molecule has 2 aromatic heterocycles. The molecular formula is C17H23N3O2S2. The van der Waals surface area contributed by atoms with Crippen molar-refractivity contribution in [1.82, 2.24) is 14.5 Å². The van der Waals surface area contributed by atoms with Crippen molar-refractivity contribution in [3.8, 4) is 10.7 Å². The molecule has 5 nitrogen and oxygen atoms in total. The van der Waals surface area contributed by atoms with Crippen molar-refractivity contribution in [3.05, 3.63) is 29.4 Å². The first-order valence-electron chi connectivity index (χ1n) is 8.61. The SMILES string of the molecule is O=S1(=O)CC[C@H](Cn2ccnc2-c2cc(CN3CCCC3)cs2)C1. The van der Waals surface area contributed by atoms with E-state index in [0.29, 0.717) is 11.5 Å². The molecule has 4 rings (SSSR count). The number of nitrogens with zero attached hydrogens (tertiary/aromatic N) is 3. The molecule has 2 saturated heterocycles. The Hall–Kier alpha value is -1.18. The molecule has 2 aliphatic rings. The fraction of sp³-hybridized carbons (Fsp3) is 0.588. The maximum atomic E-state index is 11.7. The third-order valence-corrected chi connectivity index (χ3v) is 7.79. The van der Waals surface area contributed by atoms with Gasteiger partial charge < -0.3 is 4.57 Å². The molecule has 2 fully saturated rings. The van der Waals surface area contributed by atoms with Crippen molar-refractivity contribution in [1.29, 1.82) is 0 Å². The smallest absolute Gasteiger partial charge is 0.150 e. The molecule has 1 atom stereocenters. The second kappa shape index (κ2) is 6.61. The van der Waals surface area contributed by atoms with Gasteiger partial charge in [0.15, 0.2) is 9.84 Å². The average Bonchev–Trinajstić information content (AvgIpc) is 3.28.